The number of ether oxygens (including phenoxy) is 2. The van der Waals surface area contributed by atoms with Gasteiger partial charge in [-0.15, -0.1) is 0 Å². The Morgan fingerprint density at radius 1 is 1.26 bits per heavy atom. The standard InChI is InChI=1S/C17H21NO5/c1-22-12-6-3-7-13(23-2)14(12)15(19)18-9-11-5-4-8-17(11,10-18)16(20)21/h3,6-7,11H,4-5,8-10H2,1-2H3,(H,20,21)/t11-,17+/m0/s1. The van der Waals surface area contributed by atoms with Gasteiger partial charge in [-0.05, 0) is 30.9 Å². The zero-order chi connectivity index (χ0) is 16.6. The molecule has 1 aliphatic carbocycles. The van der Waals surface area contributed by atoms with Crippen LogP contribution in [-0.2, 0) is 4.79 Å². The number of hydrogen-bond donors (Lipinski definition) is 1. The van der Waals surface area contributed by atoms with Crippen molar-refractivity contribution in [1.82, 2.24) is 4.90 Å². The minimum absolute atomic E-state index is 0.0321. The molecule has 2 atom stereocenters. The molecule has 1 aromatic rings. The lowest BCUT2D eigenvalue weighted by atomic mass is 9.81. The normalized spacial score (nSPS) is 26.0. The number of benzene rings is 1. The number of fused-ring (bicyclic) bond motifs is 1. The van der Waals surface area contributed by atoms with Crippen LogP contribution in [0.4, 0.5) is 0 Å². The van der Waals surface area contributed by atoms with Gasteiger partial charge in [-0.3, -0.25) is 9.59 Å². The van der Waals surface area contributed by atoms with E-state index in [1.54, 1.807) is 23.1 Å². The molecular formula is C17H21NO5. The van der Waals surface area contributed by atoms with Crippen molar-refractivity contribution in [2.45, 2.75) is 19.3 Å². The number of hydrogen-bond acceptors (Lipinski definition) is 4. The Kier molecular flexibility index (Phi) is 3.92. The number of carbonyl (C=O) groups excluding carboxylic acids is 1. The van der Waals surface area contributed by atoms with E-state index in [1.165, 1.54) is 14.2 Å². The van der Waals surface area contributed by atoms with Crippen LogP contribution < -0.4 is 9.47 Å². The van der Waals surface area contributed by atoms with Crippen molar-refractivity contribution in [3.63, 3.8) is 0 Å². The predicted molar refractivity (Wildman–Crippen MR) is 82.9 cm³/mol. The third kappa shape index (κ3) is 2.33. The molecule has 1 N–H and O–H groups in total. The van der Waals surface area contributed by atoms with Gasteiger partial charge in [0.15, 0.2) is 0 Å². The lowest BCUT2D eigenvalue weighted by molar-refractivity contribution is -0.149. The number of carboxylic acids is 1. The van der Waals surface area contributed by atoms with Crippen LogP contribution in [0.1, 0.15) is 29.6 Å². The number of methoxy groups -OCH3 is 2. The van der Waals surface area contributed by atoms with Crippen LogP contribution in [0.25, 0.3) is 0 Å². The second-order valence-electron chi connectivity index (χ2n) is 6.27. The van der Waals surface area contributed by atoms with Crippen LogP contribution in [0, 0.1) is 11.3 Å². The summed E-state index contributed by atoms with van der Waals surface area (Å²) in [5, 5.41) is 9.66. The molecule has 0 aromatic heterocycles. The van der Waals surface area contributed by atoms with Gasteiger partial charge in [0.05, 0.1) is 19.6 Å². The molecule has 124 valence electrons. The highest BCUT2D eigenvalue weighted by molar-refractivity contribution is 6.00. The second kappa shape index (κ2) is 5.76. The molecule has 0 bridgehead atoms. The van der Waals surface area contributed by atoms with Gasteiger partial charge in [-0.1, -0.05) is 12.5 Å². The Hall–Kier alpha value is -2.24. The smallest absolute Gasteiger partial charge is 0.311 e. The van der Waals surface area contributed by atoms with Gasteiger partial charge in [-0.25, -0.2) is 0 Å². The Morgan fingerprint density at radius 2 is 1.91 bits per heavy atom. The second-order valence-corrected chi connectivity index (χ2v) is 6.27. The molecule has 1 saturated heterocycles. The van der Waals surface area contributed by atoms with E-state index in [2.05, 4.69) is 0 Å². The molecule has 1 saturated carbocycles. The number of carbonyl (C=O) groups is 2. The van der Waals surface area contributed by atoms with E-state index in [0.717, 1.165) is 12.8 Å². The fourth-order valence-electron chi connectivity index (χ4n) is 4.01. The number of amides is 1. The van der Waals surface area contributed by atoms with E-state index in [0.29, 0.717) is 30.0 Å². The van der Waals surface area contributed by atoms with E-state index >= 15 is 0 Å². The van der Waals surface area contributed by atoms with E-state index in [1.807, 2.05) is 0 Å². The summed E-state index contributed by atoms with van der Waals surface area (Å²) in [4.78, 5) is 26.4. The van der Waals surface area contributed by atoms with Gasteiger partial charge in [0.2, 0.25) is 0 Å². The summed E-state index contributed by atoms with van der Waals surface area (Å²) in [5.41, 5.74) is -0.428. The average molecular weight is 319 g/mol. The third-order valence-electron chi connectivity index (χ3n) is 5.23. The van der Waals surface area contributed by atoms with E-state index < -0.39 is 11.4 Å². The first kappa shape index (κ1) is 15.6. The van der Waals surface area contributed by atoms with Crippen LogP contribution in [-0.4, -0.2) is 49.2 Å². The molecule has 2 aliphatic rings. The van der Waals surface area contributed by atoms with E-state index in [-0.39, 0.29) is 18.4 Å². The summed E-state index contributed by atoms with van der Waals surface area (Å²) in [6.07, 6.45) is 2.41. The van der Waals surface area contributed by atoms with Crippen molar-refractivity contribution in [2.75, 3.05) is 27.3 Å². The van der Waals surface area contributed by atoms with Crippen LogP contribution in [0.15, 0.2) is 18.2 Å². The summed E-state index contributed by atoms with van der Waals surface area (Å²) in [7, 11) is 3.01. The largest absolute Gasteiger partial charge is 0.496 e. The third-order valence-corrected chi connectivity index (χ3v) is 5.23. The van der Waals surface area contributed by atoms with Crippen molar-refractivity contribution in [3.8, 4) is 11.5 Å². The molecule has 1 aromatic carbocycles. The number of carboxylic acid groups (broad SMARTS) is 1. The maximum atomic E-state index is 13.0. The van der Waals surface area contributed by atoms with Crippen molar-refractivity contribution < 1.29 is 24.2 Å². The summed E-state index contributed by atoms with van der Waals surface area (Å²) in [5.74, 6) is -0.104. The minimum Gasteiger partial charge on any atom is -0.496 e. The fraction of sp³-hybridized carbons (Fsp3) is 0.529. The van der Waals surface area contributed by atoms with Crippen LogP contribution >= 0.6 is 0 Å². The number of rotatable bonds is 4. The molecule has 0 unspecified atom stereocenters. The molecule has 0 spiro atoms. The van der Waals surface area contributed by atoms with Gasteiger partial charge in [0, 0.05) is 13.1 Å². The Labute approximate surface area is 135 Å². The summed E-state index contributed by atoms with van der Waals surface area (Å²) < 4.78 is 10.6. The minimum atomic E-state index is -0.790. The molecule has 1 heterocycles. The van der Waals surface area contributed by atoms with Crippen LogP contribution in [0.5, 0.6) is 11.5 Å². The molecule has 2 fully saturated rings. The Bertz CT molecular complexity index is 622. The van der Waals surface area contributed by atoms with E-state index in [4.69, 9.17) is 9.47 Å². The van der Waals surface area contributed by atoms with Crippen molar-refractivity contribution in [2.24, 2.45) is 11.3 Å². The van der Waals surface area contributed by atoms with Crippen molar-refractivity contribution in [1.29, 1.82) is 0 Å². The predicted octanol–water partition coefficient (Wildman–Crippen LogP) is 2.03. The Morgan fingerprint density at radius 3 is 2.43 bits per heavy atom. The maximum Gasteiger partial charge on any atom is 0.311 e. The zero-order valence-corrected chi connectivity index (χ0v) is 13.4. The Balaban J connectivity index is 1.93. The molecule has 23 heavy (non-hydrogen) atoms. The molecule has 6 heteroatoms. The SMILES string of the molecule is COc1cccc(OC)c1C(=O)N1C[C@@H]2CCC[C@@]2(C(=O)O)C1. The van der Waals surface area contributed by atoms with Crippen LogP contribution in [0.2, 0.25) is 0 Å². The molecule has 6 nitrogen and oxygen atoms in total. The molecule has 1 aliphatic heterocycles. The summed E-state index contributed by atoms with van der Waals surface area (Å²) in [6.45, 7) is 0.735. The molecule has 0 radical (unpaired) electrons. The van der Waals surface area contributed by atoms with Gasteiger partial charge in [0.1, 0.15) is 17.1 Å². The van der Waals surface area contributed by atoms with Crippen LogP contribution in [0.3, 0.4) is 0 Å². The summed E-state index contributed by atoms with van der Waals surface area (Å²) >= 11 is 0. The molecule has 3 rings (SSSR count). The monoisotopic (exact) mass is 319 g/mol. The number of nitrogens with zero attached hydrogens (tertiary/aromatic N) is 1. The number of aliphatic carboxylic acids is 1. The van der Waals surface area contributed by atoms with Gasteiger partial charge in [-0.2, -0.15) is 0 Å². The number of likely N-dealkylation sites (tertiary alicyclic amines) is 1. The summed E-state index contributed by atoms with van der Waals surface area (Å²) in [6, 6.07) is 5.17. The highest BCUT2D eigenvalue weighted by Crippen LogP contribution is 2.49. The first-order valence-corrected chi connectivity index (χ1v) is 7.77. The topological polar surface area (TPSA) is 76.1 Å². The quantitative estimate of drug-likeness (QED) is 0.919. The van der Waals surface area contributed by atoms with Gasteiger partial charge >= 0.3 is 5.97 Å². The van der Waals surface area contributed by atoms with Gasteiger partial charge in [0.25, 0.3) is 5.91 Å². The first-order chi connectivity index (χ1) is 11.0. The van der Waals surface area contributed by atoms with Crippen molar-refractivity contribution >= 4 is 11.9 Å². The highest BCUT2D eigenvalue weighted by atomic mass is 16.5. The molecular weight excluding hydrogens is 298 g/mol. The molecule has 1 amide bonds. The maximum absolute atomic E-state index is 13.0. The fourth-order valence-corrected chi connectivity index (χ4v) is 4.01. The lowest BCUT2D eigenvalue weighted by Gasteiger charge is -2.24. The first-order valence-electron chi connectivity index (χ1n) is 7.77. The average Bonchev–Trinajstić information content (AvgIpc) is 3.11. The zero-order valence-electron chi connectivity index (χ0n) is 13.4. The highest BCUT2D eigenvalue weighted by Gasteiger charge is 2.56. The van der Waals surface area contributed by atoms with E-state index in [9.17, 15) is 14.7 Å². The van der Waals surface area contributed by atoms with Crippen molar-refractivity contribution in [3.05, 3.63) is 23.8 Å². The lowest BCUT2D eigenvalue weighted by Crippen LogP contribution is -2.37. The van der Waals surface area contributed by atoms with Gasteiger partial charge < -0.3 is 19.5 Å².